The van der Waals surface area contributed by atoms with Gasteiger partial charge in [-0.1, -0.05) is 437 Å². The molecule has 0 saturated heterocycles. The van der Waals surface area contributed by atoms with Gasteiger partial charge in [0.25, 0.3) is 11.4 Å². The monoisotopic (exact) mass is 1880 g/mol. The first-order valence-corrected chi connectivity index (χ1v) is 58.1. The molecule has 6 heterocycles. The summed E-state index contributed by atoms with van der Waals surface area (Å²) < 4.78 is 2.62. The van der Waals surface area contributed by atoms with E-state index in [2.05, 4.69) is 112 Å². The van der Waals surface area contributed by atoms with Gasteiger partial charge in [-0.05, 0) is 133 Å². The molecule has 0 atom stereocenters. The lowest BCUT2D eigenvalue weighted by atomic mass is 9.91. The number of allylic oxidation sites excluding steroid dienone is 6. The second-order valence-corrected chi connectivity index (χ2v) is 45.4. The minimum Gasteiger partial charge on any atom is -0.289 e. The summed E-state index contributed by atoms with van der Waals surface area (Å²) in [6.45, 7) is 30.4. The fourth-order valence-corrected chi connectivity index (χ4v) is 28.2. The molecule has 0 fully saturated rings. The van der Waals surface area contributed by atoms with Crippen molar-refractivity contribution in [2.45, 2.75) is 427 Å². The van der Waals surface area contributed by atoms with E-state index in [0.29, 0.717) is 56.4 Å². The summed E-state index contributed by atoms with van der Waals surface area (Å²) in [5.74, 6) is 0.976. The lowest BCUT2D eigenvalue weighted by Gasteiger charge is -2.16. The summed E-state index contributed by atoms with van der Waals surface area (Å²) in [5.41, 5.74) is 9.22. The third kappa shape index (κ3) is 31.3. The first kappa shape index (κ1) is 105. The van der Waals surface area contributed by atoms with Gasteiger partial charge in [0, 0.05) is 113 Å². The molecule has 0 unspecified atom stereocenters. The van der Waals surface area contributed by atoms with Gasteiger partial charge in [0.05, 0.1) is 25.3 Å². The highest BCUT2D eigenvalue weighted by molar-refractivity contribution is 7.29. The van der Waals surface area contributed by atoms with Crippen LogP contribution >= 0.6 is 68.0 Å². The van der Waals surface area contributed by atoms with Gasteiger partial charge in [0.2, 0.25) is 0 Å². The van der Waals surface area contributed by atoms with Gasteiger partial charge in [-0.15, -0.1) is 68.0 Å². The number of aryl methyl sites for hydroxylation is 2. The van der Waals surface area contributed by atoms with Crippen molar-refractivity contribution in [3.05, 3.63) is 195 Å². The number of carbonyl (C=O) groups is 2. The number of nitriles is 2. The molecule has 2 aliphatic rings. The molecular weight excluding hydrogens is 1720 g/mol. The van der Waals surface area contributed by atoms with E-state index in [-0.39, 0.29) is 23.0 Å². The quantitative estimate of drug-likeness (QED) is 0.0164. The highest BCUT2D eigenvalue weighted by atomic mass is 32.1. The lowest BCUT2D eigenvalue weighted by Crippen LogP contribution is -2.04. The molecular formula is C120H158N4O2S6. The number of fused-ring (bicyclic) bond motifs is 4. The van der Waals surface area contributed by atoms with Gasteiger partial charge >= 0.3 is 0 Å². The molecule has 9 aromatic rings. The topological polar surface area (TPSA) is 90.4 Å². The molecule has 12 heteroatoms. The van der Waals surface area contributed by atoms with Gasteiger partial charge < -0.3 is 0 Å². The van der Waals surface area contributed by atoms with Crippen molar-refractivity contribution in [2.75, 3.05) is 0 Å². The minimum atomic E-state index is -0.140. The number of hydrogen-bond donors (Lipinski definition) is 0. The summed E-state index contributed by atoms with van der Waals surface area (Å²) in [6.07, 6.45) is 80.8. The van der Waals surface area contributed by atoms with E-state index in [1.54, 1.807) is 22.7 Å². The van der Waals surface area contributed by atoms with E-state index in [9.17, 15) is 20.1 Å². The fraction of sp³-hybridized carbons (Fsp3) is 0.567. The fourth-order valence-electron chi connectivity index (χ4n) is 20.6. The predicted octanol–water partition coefficient (Wildman–Crippen LogP) is 41.3. The largest absolute Gasteiger partial charge is 0.289 e. The Morgan fingerprint density at radius 1 is 0.326 bits per heavy atom. The third-order valence-electron chi connectivity index (χ3n) is 28.2. The van der Waals surface area contributed by atoms with Crippen LogP contribution in [0, 0.1) is 47.6 Å². The van der Waals surface area contributed by atoms with Gasteiger partial charge in [-0.2, -0.15) is 0 Å². The summed E-state index contributed by atoms with van der Waals surface area (Å²) in [4.78, 5) is 49.8. The number of carbonyl (C=O) groups excluding carboxylic acids is 2. The van der Waals surface area contributed by atoms with Crippen LogP contribution in [-0.2, 0) is 25.7 Å². The molecule has 132 heavy (non-hydrogen) atoms. The zero-order chi connectivity index (χ0) is 92.7. The first-order chi connectivity index (χ1) is 65.0. The number of Topliss-reactive ketones (excluding diaryl/α,β-unsaturated/α-hetero) is 2. The van der Waals surface area contributed by atoms with Crippen molar-refractivity contribution < 1.29 is 9.59 Å². The maximum absolute atomic E-state index is 14.9. The van der Waals surface area contributed by atoms with Gasteiger partial charge in [0.15, 0.2) is 11.6 Å². The van der Waals surface area contributed by atoms with Crippen LogP contribution in [0.1, 0.15) is 464 Å². The molecule has 0 aliphatic heterocycles. The summed E-state index contributed by atoms with van der Waals surface area (Å²) in [7, 11) is 0. The average molecular weight is 1880 g/mol. The van der Waals surface area contributed by atoms with E-state index in [1.165, 1.54) is 415 Å². The number of rotatable bonds is 68. The molecule has 2 aliphatic carbocycles. The number of nitrogens with zero attached hydrogens (tertiary/aromatic N) is 4. The van der Waals surface area contributed by atoms with Crippen molar-refractivity contribution in [1.29, 1.82) is 10.5 Å². The average Bonchev–Trinajstić information content (AvgIpc) is 1.56. The molecule has 6 aromatic heterocycles. The zero-order valence-electron chi connectivity index (χ0n) is 82.0. The van der Waals surface area contributed by atoms with E-state index in [0.717, 1.165) is 61.1 Å². The molecule has 0 bridgehead atoms. The molecule has 0 saturated carbocycles. The van der Waals surface area contributed by atoms with Crippen LogP contribution in [0.25, 0.3) is 93.6 Å². The van der Waals surface area contributed by atoms with Crippen LogP contribution < -0.4 is 0 Å². The van der Waals surface area contributed by atoms with Crippen LogP contribution in [0.15, 0.2) is 120 Å². The zero-order valence-corrected chi connectivity index (χ0v) is 86.9. The second-order valence-electron chi connectivity index (χ2n) is 38.8. The highest BCUT2D eigenvalue weighted by Gasteiger charge is 2.35. The van der Waals surface area contributed by atoms with Gasteiger partial charge in [-0.3, -0.25) is 9.59 Å². The Labute approximate surface area is 822 Å². The van der Waals surface area contributed by atoms with Crippen LogP contribution in [0.3, 0.4) is 0 Å². The Morgan fingerprint density at radius 2 is 0.598 bits per heavy atom. The molecule has 3 aromatic carbocycles. The third-order valence-corrected chi connectivity index (χ3v) is 35.4. The Kier molecular flexibility index (Phi) is 47.5. The number of benzene rings is 3. The molecule has 0 amide bonds. The van der Waals surface area contributed by atoms with Gasteiger partial charge in [-0.25, -0.2) is 20.2 Å². The first-order valence-electron chi connectivity index (χ1n) is 53.2. The normalized spacial score (nSPS) is 14.0. The van der Waals surface area contributed by atoms with Crippen LogP contribution in [-0.4, -0.2) is 11.6 Å². The Bertz CT molecular complexity index is 4890. The smallest absolute Gasteiger partial charge is 0.270 e. The highest BCUT2D eigenvalue weighted by Crippen LogP contribution is 2.57. The number of ketones is 2. The molecule has 706 valence electrons. The van der Waals surface area contributed by atoms with Crippen molar-refractivity contribution in [3.8, 4) is 52.5 Å². The summed E-state index contributed by atoms with van der Waals surface area (Å²) >= 11 is 11.6. The van der Waals surface area contributed by atoms with E-state index in [4.69, 9.17) is 13.1 Å². The van der Waals surface area contributed by atoms with Crippen LogP contribution in [0.4, 0.5) is 0 Å². The molecule has 0 spiro atoms. The maximum atomic E-state index is 14.9. The van der Waals surface area contributed by atoms with E-state index >= 15 is 0 Å². The van der Waals surface area contributed by atoms with Crippen LogP contribution in [0.2, 0.25) is 0 Å². The standard InChI is InChI=1S/C120H158N4O2S6/c1-9-15-21-27-33-39-41-47-53-59-69-91-81-95(83-101-111(105(87-121)123-7)97-71-61-63-73-99(97)115(101)125)129-117(91)109-85-103-113(107-77-75-93(127-107)79-89(65-55-49-43-35-29-23-17-11-3)66-56-50-44-36-30-24-18-12-4)120-104(114(119(103)131-109)108-78-76-94(128-108)80-90(67-57-51-45-37-31-25-19-13-5)68-58-52-46-38-32-26-20-14-6)86-110(132-120)118-92(70-60-54-48-42-40-34-28-22-16-10-2)82-96(130-118)84-102-112(106(88-122)124-8)98-72-62-64-74-100(98)116(102)126/h61-64,71-78,81-86,89-90H,9-60,65-70,79-80H2,1-6H3/b101-83?,102-84?,111-105-,112-106+. The minimum absolute atomic E-state index is 0.0544. The van der Waals surface area contributed by atoms with Crippen molar-refractivity contribution in [3.63, 3.8) is 0 Å². The van der Waals surface area contributed by atoms with E-state index in [1.807, 2.05) is 106 Å². The number of thiophene rings is 6. The van der Waals surface area contributed by atoms with E-state index < -0.39 is 0 Å². The number of hydrogen-bond acceptors (Lipinski definition) is 10. The summed E-state index contributed by atoms with van der Waals surface area (Å²) in [5, 5.41) is 23.8. The molecule has 0 radical (unpaired) electrons. The van der Waals surface area contributed by atoms with Crippen molar-refractivity contribution >= 4 is 123 Å². The van der Waals surface area contributed by atoms with Crippen LogP contribution in [0.5, 0.6) is 0 Å². The predicted molar refractivity (Wildman–Crippen MR) is 581 cm³/mol. The summed E-state index contributed by atoms with van der Waals surface area (Å²) in [6, 6.07) is 39.4. The Morgan fingerprint density at radius 3 is 0.879 bits per heavy atom. The lowest BCUT2D eigenvalue weighted by molar-refractivity contribution is 0.103. The maximum Gasteiger partial charge on any atom is 0.270 e. The van der Waals surface area contributed by atoms with Gasteiger partial charge in [0.1, 0.15) is 0 Å². The Hall–Kier alpha value is -7.36. The number of unbranched alkanes of at least 4 members (excludes halogenated alkanes) is 46. The van der Waals surface area contributed by atoms with Crippen molar-refractivity contribution in [1.82, 2.24) is 0 Å². The molecule has 0 N–H and O–H groups in total. The second kappa shape index (κ2) is 59.6. The van der Waals surface area contributed by atoms with Crippen molar-refractivity contribution in [2.24, 2.45) is 11.8 Å². The Balaban J connectivity index is 1.10. The molecule has 6 nitrogen and oxygen atoms in total. The SMILES string of the molecule is [C-]#[N+]/C(C#N)=C1\C(=Cc2cc(CCCCCCCCCCCC)c(-c3cc4c(-c5ccc(CC(CCCCCCCCCC)CCCCCCCCCC)s5)c5sc(-c6sc(C=C7C(=O)c8ccccc8/C7=C(/C#N)[N+]#[C-])cc6CCCCCCCCCCCC)cc5c(-c5ccc(CC(CCCCCCCCCC)CCCCCCCCCC)s5)c4s3)s2)C(=O)c2ccccc21. The molecule has 11 rings (SSSR count).